The zero-order valence-electron chi connectivity index (χ0n) is 29.0. The number of carbonyl (C=O) groups is 4. The van der Waals surface area contributed by atoms with E-state index in [0.717, 1.165) is 11.6 Å². The van der Waals surface area contributed by atoms with Crippen molar-refractivity contribution in [1.29, 1.82) is 0 Å². The molecule has 0 fully saturated rings. The summed E-state index contributed by atoms with van der Waals surface area (Å²) in [5, 5.41) is 9.12. The van der Waals surface area contributed by atoms with E-state index >= 15 is 0 Å². The van der Waals surface area contributed by atoms with Crippen molar-refractivity contribution in [3.05, 3.63) is 152 Å². The Morgan fingerprint density at radius 3 is 1.54 bits per heavy atom. The van der Waals surface area contributed by atoms with Crippen molar-refractivity contribution in [2.45, 2.75) is 38.8 Å². The molecule has 2 amide bonds. The normalized spacial score (nSPS) is 11.9. The maximum absolute atomic E-state index is 14.0. The van der Waals surface area contributed by atoms with Gasteiger partial charge in [0.25, 0.3) is 21.9 Å². The average Bonchev–Trinajstić information content (AvgIpc) is 3.12. The summed E-state index contributed by atoms with van der Waals surface area (Å²) >= 11 is 0. The number of fused-ring (bicyclic) bond motifs is 2. The van der Waals surface area contributed by atoms with Gasteiger partial charge in [0.1, 0.15) is 4.90 Å². The van der Waals surface area contributed by atoms with E-state index in [4.69, 9.17) is 5.73 Å². The number of carbonyl (C=O) groups excluding carboxylic acids is 4. The number of amides is 2. The van der Waals surface area contributed by atoms with Gasteiger partial charge in [-0.05, 0) is 78.9 Å². The zero-order chi connectivity index (χ0) is 36.6. The van der Waals surface area contributed by atoms with Gasteiger partial charge < -0.3 is 21.7 Å². The molecule has 0 saturated heterocycles. The summed E-state index contributed by atoms with van der Waals surface area (Å²) in [5.41, 5.74) is 10.1. The first-order valence-corrected chi connectivity index (χ1v) is 17.4. The molecule has 0 spiro atoms. The maximum Gasteiger partial charge on any atom is 0.296 e. The molecule has 0 heterocycles. The number of nitrogens with two attached hydrogens (primary N) is 1. The van der Waals surface area contributed by atoms with Crippen molar-refractivity contribution in [2.75, 3.05) is 11.1 Å². The molecule has 52 heavy (non-hydrogen) atoms. The van der Waals surface area contributed by atoms with E-state index in [0.29, 0.717) is 39.1 Å². The minimum Gasteiger partial charge on any atom is -0.397 e. The summed E-state index contributed by atoms with van der Waals surface area (Å²) in [4.78, 5) is 53.2. The molecular weight excluding hydrogens is 692 g/mol. The molecule has 6 N–H and O–H groups in total. The minimum atomic E-state index is -4.96. The van der Waals surface area contributed by atoms with Gasteiger partial charge in [0, 0.05) is 70.6 Å². The van der Waals surface area contributed by atoms with E-state index in [2.05, 4.69) is 16.0 Å². The van der Waals surface area contributed by atoms with Crippen LogP contribution in [0.5, 0.6) is 0 Å². The van der Waals surface area contributed by atoms with Gasteiger partial charge in [0.05, 0.1) is 22.5 Å². The molecule has 13 heteroatoms. The standard InChI is InChI=1S/C39H34N4O7S.Na/c1-21-28(19-41-38(46)24-12-6-4-7-13-24)22(2)35(23(3)29(21)20-42-39(47)25-14-8-5-9-15-25)43-30-18-31(51(48,49)50)34(40)33-32(30)36(44)26-16-10-11-17-27(26)37(33)45;/h4-18,43H,19-20,40H2,1-3H3,(H,41,46)(H,42,47)(H,48,49,50);. The van der Waals surface area contributed by atoms with Crippen LogP contribution in [0.1, 0.15) is 80.4 Å². The molecule has 0 saturated carbocycles. The van der Waals surface area contributed by atoms with E-state index < -0.39 is 32.3 Å². The molecule has 1 aliphatic carbocycles. The van der Waals surface area contributed by atoms with Gasteiger partial charge in [-0.2, -0.15) is 8.42 Å². The Morgan fingerprint density at radius 1 is 0.673 bits per heavy atom. The third-order valence-corrected chi connectivity index (χ3v) is 10.1. The smallest absolute Gasteiger partial charge is 0.296 e. The van der Waals surface area contributed by atoms with Gasteiger partial charge in [0.15, 0.2) is 11.6 Å². The van der Waals surface area contributed by atoms with Gasteiger partial charge in [0.2, 0.25) is 0 Å². The number of anilines is 3. The molecule has 259 valence electrons. The van der Waals surface area contributed by atoms with Crippen LogP contribution in [0.3, 0.4) is 0 Å². The summed E-state index contributed by atoms with van der Waals surface area (Å²) < 4.78 is 35.3. The average molecular weight is 726 g/mol. The largest absolute Gasteiger partial charge is 0.397 e. The van der Waals surface area contributed by atoms with E-state index in [-0.39, 0.29) is 82.4 Å². The molecule has 0 unspecified atom stereocenters. The Kier molecular flexibility index (Phi) is 11.2. The molecule has 0 bridgehead atoms. The van der Waals surface area contributed by atoms with Crippen LogP contribution < -0.4 is 21.7 Å². The summed E-state index contributed by atoms with van der Waals surface area (Å²) in [6.07, 6.45) is 0. The van der Waals surface area contributed by atoms with Gasteiger partial charge >= 0.3 is 0 Å². The molecule has 1 radical (unpaired) electrons. The molecule has 5 aromatic rings. The second-order valence-corrected chi connectivity index (χ2v) is 13.6. The Balaban J connectivity index is 0.00000523. The van der Waals surface area contributed by atoms with Crippen molar-refractivity contribution >= 4 is 80.1 Å². The first kappa shape index (κ1) is 38.1. The quantitative estimate of drug-likeness (QED) is 0.0736. The monoisotopic (exact) mass is 725 g/mol. The van der Waals surface area contributed by atoms with Crippen LogP contribution in [0.25, 0.3) is 0 Å². The van der Waals surface area contributed by atoms with E-state index in [1.807, 2.05) is 6.92 Å². The Labute approximate surface area is 323 Å². The molecule has 5 aromatic carbocycles. The van der Waals surface area contributed by atoms with Crippen molar-refractivity contribution < 1.29 is 32.1 Å². The molecular formula is C39H34N4NaO7S. The topological polar surface area (TPSA) is 185 Å². The predicted octanol–water partition coefficient (Wildman–Crippen LogP) is 5.44. The van der Waals surface area contributed by atoms with Crippen LogP contribution >= 0.6 is 0 Å². The van der Waals surface area contributed by atoms with Crippen LogP contribution in [0, 0.1) is 20.8 Å². The summed E-state index contributed by atoms with van der Waals surface area (Å²) in [5.74, 6) is -1.85. The fourth-order valence-electron chi connectivity index (χ4n) is 6.51. The van der Waals surface area contributed by atoms with Gasteiger partial charge in [-0.25, -0.2) is 0 Å². The molecule has 0 atom stereocenters. The molecule has 6 rings (SSSR count). The second-order valence-electron chi connectivity index (χ2n) is 12.2. The first-order valence-electron chi connectivity index (χ1n) is 16.0. The minimum absolute atomic E-state index is 0. The van der Waals surface area contributed by atoms with Crippen LogP contribution in [-0.2, 0) is 23.2 Å². The number of hydrogen-bond donors (Lipinski definition) is 5. The van der Waals surface area contributed by atoms with Crippen LogP contribution in [0.4, 0.5) is 17.1 Å². The fraction of sp³-hybridized carbons (Fsp3) is 0.128. The van der Waals surface area contributed by atoms with E-state index in [1.54, 1.807) is 86.6 Å². The molecule has 0 aliphatic heterocycles. The number of nitrogens with one attached hydrogen (secondary N) is 3. The van der Waals surface area contributed by atoms with Gasteiger partial charge in [-0.15, -0.1) is 0 Å². The maximum atomic E-state index is 14.0. The summed E-state index contributed by atoms with van der Waals surface area (Å²) in [6, 6.07) is 24.6. The van der Waals surface area contributed by atoms with Crippen LogP contribution in [0.2, 0.25) is 0 Å². The van der Waals surface area contributed by atoms with Gasteiger partial charge in [-0.1, -0.05) is 60.7 Å². The Morgan fingerprint density at radius 2 is 1.10 bits per heavy atom. The number of nitrogen functional groups attached to an aromatic ring is 1. The zero-order valence-corrected chi connectivity index (χ0v) is 31.8. The van der Waals surface area contributed by atoms with Crippen LogP contribution in [-0.4, -0.2) is 65.9 Å². The van der Waals surface area contributed by atoms with Crippen molar-refractivity contribution in [3.8, 4) is 0 Å². The van der Waals surface area contributed by atoms with E-state index in [9.17, 15) is 32.1 Å². The van der Waals surface area contributed by atoms with Crippen molar-refractivity contribution in [2.24, 2.45) is 0 Å². The number of ketones is 2. The fourth-order valence-corrected chi connectivity index (χ4v) is 7.15. The van der Waals surface area contributed by atoms with Gasteiger partial charge in [-0.3, -0.25) is 23.7 Å². The Bertz CT molecular complexity index is 2300. The number of benzene rings is 5. The summed E-state index contributed by atoms with van der Waals surface area (Å²) in [6.45, 7) is 5.64. The van der Waals surface area contributed by atoms with Crippen molar-refractivity contribution in [3.63, 3.8) is 0 Å². The molecule has 1 aliphatic rings. The van der Waals surface area contributed by atoms with Crippen LogP contribution in [0.15, 0.2) is 95.9 Å². The van der Waals surface area contributed by atoms with E-state index in [1.165, 1.54) is 12.1 Å². The number of hydrogen-bond acceptors (Lipinski definition) is 8. The number of rotatable bonds is 9. The van der Waals surface area contributed by atoms with Crippen molar-refractivity contribution in [1.82, 2.24) is 10.6 Å². The third kappa shape index (κ3) is 7.16. The summed E-state index contributed by atoms with van der Waals surface area (Å²) in [7, 11) is -4.96. The Hall–Kier alpha value is -5.11. The third-order valence-electron chi connectivity index (χ3n) is 9.22. The predicted molar refractivity (Wildman–Crippen MR) is 199 cm³/mol. The second kappa shape index (κ2) is 15.2. The first-order chi connectivity index (χ1) is 24.3. The molecule has 11 nitrogen and oxygen atoms in total. The molecule has 0 aromatic heterocycles. The SMILES string of the molecule is Cc1c(CNC(=O)c2ccccc2)c(C)c(Nc2cc(S(=O)(=O)O)c(N)c3c2C(=O)c2ccccc2C3=O)c(C)c1CNC(=O)c1ccccc1.[Na].